The average molecular weight is 231 g/mol. The number of nitrogens with one attached hydrogen (secondary N) is 2. The molecule has 0 saturated heterocycles. The third kappa shape index (κ3) is 3.12. The molecule has 0 amide bonds. The van der Waals surface area contributed by atoms with Gasteiger partial charge in [-0.25, -0.2) is 5.43 Å². The van der Waals surface area contributed by atoms with Gasteiger partial charge in [0.2, 0.25) is 5.95 Å². The van der Waals surface area contributed by atoms with Crippen LogP contribution in [0.1, 0.15) is 11.4 Å². The lowest BCUT2D eigenvalue weighted by molar-refractivity contribution is 0.425. The van der Waals surface area contributed by atoms with Crippen molar-refractivity contribution in [2.45, 2.75) is 6.42 Å². The monoisotopic (exact) mass is 231 g/mol. The molecule has 0 aliphatic heterocycles. The van der Waals surface area contributed by atoms with Crippen molar-refractivity contribution in [2.75, 3.05) is 12.5 Å². The van der Waals surface area contributed by atoms with Gasteiger partial charge in [-0.15, -0.1) is 0 Å². The summed E-state index contributed by atoms with van der Waals surface area (Å²) in [7, 11) is 1.69. The molecular weight excluding hydrogens is 218 g/mol. The maximum atomic E-state index is 9.37. The highest BCUT2D eigenvalue weighted by atomic mass is 16.3. The molecule has 88 valence electrons. The van der Waals surface area contributed by atoms with Crippen LogP contribution in [0.2, 0.25) is 0 Å². The highest BCUT2D eigenvalue weighted by Gasteiger charge is 2.05. The first-order valence-corrected chi connectivity index (χ1v) is 5.18. The van der Waals surface area contributed by atoms with Gasteiger partial charge in [0.15, 0.2) is 0 Å². The molecule has 0 bridgehead atoms. The third-order valence-corrected chi connectivity index (χ3v) is 2.11. The lowest BCUT2D eigenvalue weighted by Crippen LogP contribution is -2.18. The first-order valence-electron chi connectivity index (χ1n) is 5.18. The molecule has 2 aromatic rings. The van der Waals surface area contributed by atoms with Crippen LogP contribution in [-0.4, -0.2) is 27.1 Å². The van der Waals surface area contributed by atoms with Gasteiger partial charge in [-0.3, -0.25) is 5.43 Å². The molecule has 1 aromatic carbocycles. The number of benzene rings is 1. The van der Waals surface area contributed by atoms with Crippen LogP contribution in [0.5, 0.6) is 6.01 Å². The Morgan fingerprint density at radius 3 is 2.59 bits per heavy atom. The standard InChI is InChI=1S/C11H13N5O/c1-12-16-10-13-9(14-11(17)15-10)7-8-5-3-2-4-6-8/h2-6,12H,7H2,1H3,(H2,13,14,15,16,17). The van der Waals surface area contributed by atoms with E-state index in [2.05, 4.69) is 25.8 Å². The van der Waals surface area contributed by atoms with Crippen molar-refractivity contribution in [3.63, 3.8) is 0 Å². The van der Waals surface area contributed by atoms with Crippen LogP contribution in [0.25, 0.3) is 0 Å². The second-order valence-electron chi connectivity index (χ2n) is 3.41. The van der Waals surface area contributed by atoms with Gasteiger partial charge in [0.25, 0.3) is 0 Å². The number of aromatic hydroxyl groups is 1. The zero-order valence-corrected chi connectivity index (χ0v) is 9.38. The van der Waals surface area contributed by atoms with Gasteiger partial charge in [-0.2, -0.15) is 15.0 Å². The van der Waals surface area contributed by atoms with Crippen LogP contribution in [0.4, 0.5) is 5.95 Å². The highest BCUT2D eigenvalue weighted by molar-refractivity contribution is 5.26. The molecule has 0 spiro atoms. The molecule has 0 radical (unpaired) electrons. The Morgan fingerprint density at radius 1 is 1.12 bits per heavy atom. The summed E-state index contributed by atoms with van der Waals surface area (Å²) in [6, 6.07) is 9.51. The van der Waals surface area contributed by atoms with Crippen molar-refractivity contribution in [1.29, 1.82) is 0 Å². The van der Waals surface area contributed by atoms with Gasteiger partial charge in [0.1, 0.15) is 5.82 Å². The molecule has 3 N–H and O–H groups in total. The summed E-state index contributed by atoms with van der Waals surface area (Å²) in [5.74, 6) is 0.812. The number of hydrogen-bond acceptors (Lipinski definition) is 6. The van der Waals surface area contributed by atoms with Crippen molar-refractivity contribution in [1.82, 2.24) is 20.4 Å². The SMILES string of the molecule is CNNc1nc(O)nc(Cc2ccccc2)n1. The molecule has 2 rings (SSSR count). The number of nitrogens with zero attached hydrogens (tertiary/aromatic N) is 3. The quantitative estimate of drug-likeness (QED) is 0.672. The Balaban J connectivity index is 2.21. The van der Waals surface area contributed by atoms with Crippen molar-refractivity contribution < 1.29 is 5.11 Å². The van der Waals surface area contributed by atoms with Crippen molar-refractivity contribution >= 4 is 5.95 Å². The lowest BCUT2D eigenvalue weighted by atomic mass is 10.1. The first kappa shape index (κ1) is 11.3. The molecule has 0 saturated carbocycles. The van der Waals surface area contributed by atoms with Crippen LogP contribution in [0, 0.1) is 0 Å². The van der Waals surface area contributed by atoms with E-state index in [0.717, 1.165) is 5.56 Å². The van der Waals surface area contributed by atoms with Gasteiger partial charge in [-0.1, -0.05) is 30.3 Å². The van der Waals surface area contributed by atoms with Gasteiger partial charge in [-0.05, 0) is 5.56 Å². The summed E-state index contributed by atoms with van der Waals surface area (Å²) in [5, 5.41) is 9.37. The van der Waals surface area contributed by atoms with Crippen LogP contribution in [0.3, 0.4) is 0 Å². The number of hydrazine groups is 1. The van der Waals surface area contributed by atoms with Crippen LogP contribution < -0.4 is 10.9 Å². The van der Waals surface area contributed by atoms with Gasteiger partial charge in [0, 0.05) is 13.5 Å². The van der Waals surface area contributed by atoms with Gasteiger partial charge >= 0.3 is 6.01 Å². The number of anilines is 1. The minimum atomic E-state index is -0.288. The molecule has 0 atom stereocenters. The number of aromatic nitrogens is 3. The molecule has 6 heteroatoms. The molecule has 6 nitrogen and oxygen atoms in total. The summed E-state index contributed by atoms with van der Waals surface area (Å²) in [6.07, 6.45) is 0.551. The van der Waals surface area contributed by atoms with E-state index >= 15 is 0 Å². The molecular formula is C11H13N5O. The average Bonchev–Trinajstić information content (AvgIpc) is 2.30. The van der Waals surface area contributed by atoms with E-state index in [0.29, 0.717) is 18.2 Å². The van der Waals surface area contributed by atoms with Gasteiger partial charge in [0.05, 0.1) is 0 Å². The summed E-state index contributed by atoms with van der Waals surface area (Å²) >= 11 is 0. The molecule has 1 aromatic heterocycles. The van der Waals surface area contributed by atoms with Gasteiger partial charge < -0.3 is 5.11 Å². The lowest BCUT2D eigenvalue weighted by Gasteiger charge is -2.05. The van der Waals surface area contributed by atoms with Crippen molar-refractivity contribution in [3.05, 3.63) is 41.7 Å². The molecule has 1 heterocycles. The Labute approximate surface area is 98.7 Å². The van der Waals surface area contributed by atoms with E-state index in [4.69, 9.17) is 0 Å². The highest BCUT2D eigenvalue weighted by Crippen LogP contribution is 2.09. The fourth-order valence-corrected chi connectivity index (χ4v) is 1.43. The van der Waals surface area contributed by atoms with E-state index in [1.807, 2.05) is 30.3 Å². The normalized spacial score (nSPS) is 10.2. The molecule has 0 unspecified atom stereocenters. The predicted molar refractivity (Wildman–Crippen MR) is 63.4 cm³/mol. The Kier molecular flexibility index (Phi) is 3.46. The summed E-state index contributed by atoms with van der Waals surface area (Å²) in [5.41, 5.74) is 6.47. The Morgan fingerprint density at radius 2 is 1.88 bits per heavy atom. The minimum absolute atomic E-state index is 0.288. The summed E-state index contributed by atoms with van der Waals surface area (Å²) in [6.45, 7) is 0. The van der Waals surface area contributed by atoms with E-state index < -0.39 is 0 Å². The maximum absolute atomic E-state index is 9.37. The summed E-state index contributed by atoms with van der Waals surface area (Å²) in [4.78, 5) is 11.8. The van der Waals surface area contributed by atoms with Crippen LogP contribution in [-0.2, 0) is 6.42 Å². The van der Waals surface area contributed by atoms with E-state index in [1.54, 1.807) is 7.05 Å². The maximum Gasteiger partial charge on any atom is 0.319 e. The Hall–Kier alpha value is -2.21. The van der Waals surface area contributed by atoms with E-state index in [9.17, 15) is 5.11 Å². The largest absolute Gasteiger partial charge is 0.479 e. The number of rotatable bonds is 4. The topological polar surface area (TPSA) is 83.0 Å². The fourth-order valence-electron chi connectivity index (χ4n) is 1.43. The zero-order valence-electron chi connectivity index (χ0n) is 9.38. The van der Waals surface area contributed by atoms with E-state index in [-0.39, 0.29) is 6.01 Å². The second-order valence-corrected chi connectivity index (χ2v) is 3.41. The van der Waals surface area contributed by atoms with Crippen LogP contribution >= 0.6 is 0 Å². The number of hydrogen-bond donors (Lipinski definition) is 3. The molecule has 17 heavy (non-hydrogen) atoms. The predicted octanol–water partition coefficient (Wildman–Crippen LogP) is 0.714. The molecule has 0 aliphatic carbocycles. The minimum Gasteiger partial charge on any atom is -0.479 e. The fraction of sp³-hybridized carbons (Fsp3) is 0.182. The third-order valence-electron chi connectivity index (χ3n) is 2.11. The Bertz CT molecular complexity index is 488. The zero-order chi connectivity index (χ0) is 12.1. The second kappa shape index (κ2) is 5.22. The first-order chi connectivity index (χ1) is 8.28. The van der Waals surface area contributed by atoms with E-state index in [1.165, 1.54) is 0 Å². The smallest absolute Gasteiger partial charge is 0.319 e. The van der Waals surface area contributed by atoms with Crippen LogP contribution in [0.15, 0.2) is 30.3 Å². The molecule has 0 fully saturated rings. The molecule has 0 aliphatic rings. The summed E-state index contributed by atoms with van der Waals surface area (Å²) < 4.78 is 0. The van der Waals surface area contributed by atoms with Crippen molar-refractivity contribution in [2.24, 2.45) is 0 Å². The van der Waals surface area contributed by atoms with Crippen molar-refractivity contribution in [3.8, 4) is 6.01 Å².